The Bertz CT molecular complexity index is 495. The lowest BCUT2D eigenvalue weighted by Crippen LogP contribution is -2.49. The van der Waals surface area contributed by atoms with E-state index in [0.29, 0.717) is 10.9 Å². The van der Waals surface area contributed by atoms with Crippen LogP contribution in [0.3, 0.4) is 0 Å². The van der Waals surface area contributed by atoms with Crippen LogP contribution in [0.25, 0.3) is 0 Å². The first kappa shape index (κ1) is 17.2. The van der Waals surface area contributed by atoms with Crippen molar-refractivity contribution in [2.24, 2.45) is 0 Å². The molecule has 6 heteroatoms. The van der Waals surface area contributed by atoms with Crippen LogP contribution < -0.4 is 20.9 Å². The van der Waals surface area contributed by atoms with E-state index in [2.05, 4.69) is 36.9 Å². The summed E-state index contributed by atoms with van der Waals surface area (Å²) in [6, 6.07) is 7.76. The molecule has 0 aliphatic carbocycles. The minimum Gasteiger partial charge on any atom is -0.481 e. The van der Waals surface area contributed by atoms with Crippen LogP contribution in [-0.4, -0.2) is 24.2 Å². The van der Waals surface area contributed by atoms with Crippen LogP contribution in [0.1, 0.15) is 33.3 Å². The number of thiocarbonyl (C=S) groups is 1. The van der Waals surface area contributed by atoms with Crippen LogP contribution in [0.5, 0.6) is 5.75 Å². The Morgan fingerprint density at radius 2 is 1.76 bits per heavy atom. The summed E-state index contributed by atoms with van der Waals surface area (Å²) in [4.78, 5) is 11.8. The fourth-order valence-electron chi connectivity index (χ4n) is 1.57. The van der Waals surface area contributed by atoms with Crippen molar-refractivity contribution in [3.63, 3.8) is 0 Å². The summed E-state index contributed by atoms with van der Waals surface area (Å²) < 4.78 is 5.59. The molecule has 1 unspecified atom stereocenters. The molecule has 1 atom stereocenters. The Balaban J connectivity index is 2.56. The highest BCUT2D eigenvalue weighted by Gasteiger charge is 2.16. The third-order valence-electron chi connectivity index (χ3n) is 2.93. The van der Waals surface area contributed by atoms with Gasteiger partial charge in [0.05, 0.1) is 0 Å². The molecule has 0 aliphatic rings. The summed E-state index contributed by atoms with van der Waals surface area (Å²) in [5.74, 6) is 0.356. The first-order chi connectivity index (χ1) is 9.74. The number of amides is 1. The summed E-state index contributed by atoms with van der Waals surface area (Å²) >= 11 is 4.86. The Morgan fingerprint density at radius 3 is 2.24 bits per heavy atom. The Morgan fingerprint density at radius 1 is 1.19 bits per heavy atom. The van der Waals surface area contributed by atoms with Crippen molar-refractivity contribution in [2.75, 3.05) is 7.05 Å². The molecule has 1 aromatic carbocycles. The number of benzene rings is 1. The molecule has 0 spiro atoms. The number of nitrogens with one attached hydrogen (secondary N) is 3. The van der Waals surface area contributed by atoms with Gasteiger partial charge in [-0.2, -0.15) is 0 Å². The minimum absolute atomic E-state index is 0.0916. The fraction of sp³-hybridized carbons (Fsp3) is 0.467. The quantitative estimate of drug-likeness (QED) is 0.588. The van der Waals surface area contributed by atoms with Gasteiger partial charge in [0, 0.05) is 7.05 Å². The average molecular weight is 309 g/mol. The van der Waals surface area contributed by atoms with Gasteiger partial charge in [-0.05, 0) is 42.3 Å². The third-order valence-corrected chi connectivity index (χ3v) is 3.23. The molecule has 0 saturated heterocycles. The van der Waals surface area contributed by atoms with Gasteiger partial charge in [0.1, 0.15) is 5.75 Å². The zero-order valence-electron chi connectivity index (χ0n) is 13.1. The molecule has 21 heavy (non-hydrogen) atoms. The molecule has 0 aliphatic heterocycles. The molecule has 3 N–H and O–H groups in total. The minimum atomic E-state index is -0.627. The third kappa shape index (κ3) is 5.59. The first-order valence-electron chi connectivity index (χ1n) is 6.79. The van der Waals surface area contributed by atoms with Gasteiger partial charge in [0.25, 0.3) is 5.91 Å². The number of hydrogen-bond acceptors (Lipinski definition) is 3. The molecule has 116 valence electrons. The lowest BCUT2D eigenvalue weighted by Gasteiger charge is -2.20. The molecule has 0 fully saturated rings. The number of rotatable bonds is 3. The molecular formula is C15H23N3O2S. The van der Waals surface area contributed by atoms with Crippen molar-refractivity contribution in [3.8, 4) is 5.75 Å². The predicted octanol–water partition coefficient (Wildman–Crippen LogP) is 1.88. The topological polar surface area (TPSA) is 62.4 Å². The lowest BCUT2D eigenvalue weighted by atomic mass is 9.87. The fourth-order valence-corrected chi connectivity index (χ4v) is 1.62. The summed E-state index contributed by atoms with van der Waals surface area (Å²) in [5.41, 5.74) is 6.35. The van der Waals surface area contributed by atoms with Crippen molar-refractivity contribution in [1.82, 2.24) is 16.2 Å². The summed E-state index contributed by atoms with van der Waals surface area (Å²) in [7, 11) is 1.66. The van der Waals surface area contributed by atoms with E-state index in [1.807, 2.05) is 24.3 Å². The van der Waals surface area contributed by atoms with Gasteiger partial charge in [-0.15, -0.1) is 0 Å². The average Bonchev–Trinajstić information content (AvgIpc) is 2.43. The summed E-state index contributed by atoms with van der Waals surface area (Å²) in [5, 5.41) is 3.03. The predicted molar refractivity (Wildman–Crippen MR) is 88.2 cm³/mol. The van der Waals surface area contributed by atoms with Crippen LogP contribution in [0.2, 0.25) is 0 Å². The van der Waals surface area contributed by atoms with Crippen LogP contribution in [0.4, 0.5) is 0 Å². The Kier molecular flexibility index (Phi) is 5.96. The van der Waals surface area contributed by atoms with E-state index < -0.39 is 6.10 Å². The second-order valence-corrected chi connectivity index (χ2v) is 6.14. The lowest BCUT2D eigenvalue weighted by molar-refractivity contribution is -0.127. The molecule has 0 heterocycles. The Hall–Kier alpha value is -1.82. The van der Waals surface area contributed by atoms with Crippen LogP contribution in [0.15, 0.2) is 24.3 Å². The number of carbonyl (C=O) groups excluding carboxylic acids is 1. The second-order valence-electron chi connectivity index (χ2n) is 5.73. The van der Waals surface area contributed by atoms with Gasteiger partial charge in [-0.1, -0.05) is 32.9 Å². The van der Waals surface area contributed by atoms with Crippen LogP contribution in [-0.2, 0) is 10.2 Å². The zero-order chi connectivity index (χ0) is 16.0. The maximum absolute atomic E-state index is 11.8. The molecule has 1 aromatic rings. The van der Waals surface area contributed by atoms with Crippen molar-refractivity contribution in [3.05, 3.63) is 29.8 Å². The largest absolute Gasteiger partial charge is 0.481 e. The summed E-state index contributed by atoms with van der Waals surface area (Å²) in [6.45, 7) is 8.12. The maximum Gasteiger partial charge on any atom is 0.279 e. The number of hydrazine groups is 1. The van der Waals surface area contributed by atoms with Gasteiger partial charge < -0.3 is 10.1 Å². The van der Waals surface area contributed by atoms with Gasteiger partial charge in [-0.3, -0.25) is 15.6 Å². The van der Waals surface area contributed by atoms with E-state index in [4.69, 9.17) is 17.0 Å². The van der Waals surface area contributed by atoms with E-state index in [-0.39, 0.29) is 11.3 Å². The molecule has 0 radical (unpaired) electrons. The highest BCUT2D eigenvalue weighted by molar-refractivity contribution is 7.80. The molecule has 0 aromatic heterocycles. The van der Waals surface area contributed by atoms with E-state index in [0.717, 1.165) is 0 Å². The molecule has 0 bridgehead atoms. The number of hydrogen-bond donors (Lipinski definition) is 3. The molecule has 1 amide bonds. The van der Waals surface area contributed by atoms with Crippen LogP contribution in [0, 0.1) is 0 Å². The standard InChI is InChI=1S/C15H23N3O2S/c1-10(13(19)17-18-14(21)16-5)20-12-8-6-11(7-9-12)15(2,3)4/h6-10H,1-5H3,(H,17,19)(H2,16,18,21). The van der Waals surface area contributed by atoms with Gasteiger partial charge >= 0.3 is 0 Å². The van der Waals surface area contributed by atoms with E-state index >= 15 is 0 Å². The van der Waals surface area contributed by atoms with E-state index in [9.17, 15) is 4.79 Å². The van der Waals surface area contributed by atoms with Gasteiger partial charge in [0.15, 0.2) is 11.2 Å². The Labute approximate surface area is 131 Å². The maximum atomic E-state index is 11.8. The molecule has 5 nitrogen and oxygen atoms in total. The van der Waals surface area contributed by atoms with Gasteiger partial charge in [-0.25, -0.2) is 0 Å². The molecular weight excluding hydrogens is 286 g/mol. The van der Waals surface area contributed by atoms with Crippen LogP contribution >= 0.6 is 12.2 Å². The van der Waals surface area contributed by atoms with Gasteiger partial charge in [0.2, 0.25) is 0 Å². The second kappa shape index (κ2) is 7.26. The van der Waals surface area contributed by atoms with E-state index in [1.165, 1.54) is 5.56 Å². The SMILES string of the molecule is CNC(=S)NNC(=O)C(C)Oc1ccc(C(C)(C)C)cc1. The number of ether oxygens (including phenoxy) is 1. The van der Waals surface area contributed by atoms with Crippen molar-refractivity contribution >= 4 is 23.2 Å². The van der Waals surface area contributed by atoms with Crippen molar-refractivity contribution in [1.29, 1.82) is 0 Å². The molecule has 0 saturated carbocycles. The highest BCUT2D eigenvalue weighted by Crippen LogP contribution is 2.24. The number of carbonyl (C=O) groups is 1. The monoisotopic (exact) mass is 309 g/mol. The van der Waals surface area contributed by atoms with Crippen molar-refractivity contribution in [2.45, 2.75) is 39.2 Å². The van der Waals surface area contributed by atoms with E-state index in [1.54, 1.807) is 14.0 Å². The normalized spacial score (nSPS) is 12.2. The first-order valence-corrected chi connectivity index (χ1v) is 7.19. The summed E-state index contributed by atoms with van der Waals surface area (Å²) in [6.07, 6.45) is -0.627. The van der Waals surface area contributed by atoms with Crippen molar-refractivity contribution < 1.29 is 9.53 Å². The highest BCUT2D eigenvalue weighted by atomic mass is 32.1. The zero-order valence-corrected chi connectivity index (χ0v) is 13.9. The molecule has 1 rings (SSSR count). The smallest absolute Gasteiger partial charge is 0.279 e.